The van der Waals surface area contributed by atoms with E-state index in [1.807, 2.05) is 0 Å². The van der Waals surface area contributed by atoms with Crippen LogP contribution >= 0.6 is 0 Å². The summed E-state index contributed by atoms with van der Waals surface area (Å²) in [7, 11) is 0. The summed E-state index contributed by atoms with van der Waals surface area (Å²) in [6.07, 6.45) is 2.94. The summed E-state index contributed by atoms with van der Waals surface area (Å²) < 4.78 is 0. The summed E-state index contributed by atoms with van der Waals surface area (Å²) in [6, 6.07) is 9.71. The molecule has 0 radical (unpaired) electrons. The van der Waals surface area contributed by atoms with Gasteiger partial charge in [0.05, 0.1) is 0 Å². The fraction of sp³-hybridized carbons (Fsp3) is 0.250. The molecule has 1 aromatic rings. The molecule has 1 rings (SSSR count). The number of carboxylic acid groups (broad SMARTS) is 1. The van der Waals surface area contributed by atoms with Gasteiger partial charge in [0.1, 0.15) is 0 Å². The van der Waals surface area contributed by atoms with E-state index in [0.717, 1.165) is 5.56 Å². The zero-order chi connectivity index (χ0) is 11.5. The quantitative estimate of drug-likeness (QED) is 0.536. The van der Waals surface area contributed by atoms with Crippen LogP contribution in [0.3, 0.4) is 0 Å². The van der Waals surface area contributed by atoms with Crippen LogP contribution in [0.2, 0.25) is 0 Å². The molecule has 1 N–H and O–H groups in total. The summed E-state index contributed by atoms with van der Waals surface area (Å²) in [5.41, 5.74) is 0.811. The van der Waals surface area contributed by atoms with Crippen LogP contribution in [0.5, 0.6) is 0 Å². The Morgan fingerprint density at radius 1 is 1.44 bits per heavy atom. The fourth-order valence-corrected chi connectivity index (χ4v) is 0.786. The van der Waals surface area contributed by atoms with Crippen molar-refractivity contribution < 1.29 is 66.1 Å². The molecule has 0 aliphatic heterocycles. The Hall–Kier alpha value is -0.00364. The molecule has 0 saturated carbocycles. The fourth-order valence-electron chi connectivity index (χ4n) is 0.786. The molecule has 3 nitrogen and oxygen atoms in total. The van der Waals surface area contributed by atoms with E-state index in [0.29, 0.717) is 12.8 Å². The molecule has 0 unspecified atom stereocenters. The van der Waals surface area contributed by atoms with Crippen LogP contribution in [-0.4, -0.2) is 17.4 Å². The first kappa shape index (κ1) is 18.4. The van der Waals surface area contributed by atoms with Crippen molar-refractivity contribution in [2.75, 3.05) is 0 Å². The van der Waals surface area contributed by atoms with Crippen molar-refractivity contribution >= 4 is 12.3 Å². The normalized spacial score (nSPS) is 8.06. The number of benzene rings is 1. The Kier molecular flexibility index (Phi) is 15.0. The second-order valence-corrected chi connectivity index (χ2v) is 2.73. The van der Waals surface area contributed by atoms with Gasteiger partial charge in [-0.1, -0.05) is 0 Å². The van der Waals surface area contributed by atoms with Crippen molar-refractivity contribution in [3.8, 4) is 0 Å². The van der Waals surface area contributed by atoms with Gasteiger partial charge in [0, 0.05) is 6.42 Å². The molecule has 0 fully saturated rings. The minimum atomic E-state index is -0.800. The monoisotopic (exact) mass is 244 g/mol. The Labute approximate surface area is 139 Å². The van der Waals surface area contributed by atoms with E-state index in [4.69, 9.17) is 5.11 Å². The minimum Gasteiger partial charge on any atom is -0.542 e. The van der Waals surface area contributed by atoms with Crippen molar-refractivity contribution in [1.82, 2.24) is 0 Å². The van der Waals surface area contributed by atoms with E-state index in [9.17, 15) is 9.59 Å². The van der Waals surface area contributed by atoms with Crippen molar-refractivity contribution in [3.63, 3.8) is 0 Å². The van der Waals surface area contributed by atoms with Gasteiger partial charge in [-0.15, -0.1) is 5.56 Å². The van der Waals surface area contributed by atoms with Gasteiger partial charge in [-0.2, -0.15) is 36.8 Å². The number of rotatable bonds is 4. The molecule has 82 valence electrons. The Morgan fingerprint density at radius 3 is 2.31 bits per heavy atom. The van der Waals surface area contributed by atoms with Gasteiger partial charge in [0.25, 0.3) is 0 Å². The molecule has 1 aromatic carbocycles. The van der Waals surface area contributed by atoms with Gasteiger partial charge in [0.15, 0.2) is 0 Å². The number of carbonyl (C=O) groups is 1. The number of carbonyl (C=O) groups excluding carboxylic acids is 1. The molecule has 0 aromatic heterocycles. The molecule has 0 saturated heterocycles. The zero-order valence-corrected chi connectivity index (χ0v) is 12.5. The molecule has 0 aliphatic rings. The first-order valence-electron chi connectivity index (χ1n) is 4.51. The van der Waals surface area contributed by atoms with E-state index in [1.54, 1.807) is 30.6 Å². The average molecular weight is 244 g/mol. The topological polar surface area (TPSA) is 54.4 Å². The van der Waals surface area contributed by atoms with Gasteiger partial charge in [-0.25, -0.2) is 6.42 Å². The zero-order valence-electron chi connectivity index (χ0n) is 9.40. The summed E-state index contributed by atoms with van der Waals surface area (Å²) in [6.45, 7) is 3.41. The van der Waals surface area contributed by atoms with Crippen LogP contribution in [0.15, 0.2) is 24.3 Å². The molecule has 0 spiro atoms. The maximum Gasteiger partial charge on any atom is 1.00 e. The predicted molar refractivity (Wildman–Crippen MR) is 56.9 cm³/mol. The van der Waals surface area contributed by atoms with Crippen molar-refractivity contribution in [3.05, 3.63) is 42.8 Å². The van der Waals surface area contributed by atoms with Crippen molar-refractivity contribution in [2.45, 2.75) is 19.3 Å². The van der Waals surface area contributed by atoms with Crippen molar-refractivity contribution in [2.24, 2.45) is 0 Å². The minimum absolute atomic E-state index is 0. The average Bonchev–Trinajstić information content (AvgIpc) is 2.20. The SMILES string of the molecule is O=C(O)Cc1cc[c-]cc1.[CH2-]CC[C-]=O.[K+]. The molecule has 0 heterocycles. The molecular formula is C12H13KO3-2. The Balaban J connectivity index is 0. The third-order valence-electron chi connectivity index (χ3n) is 1.42. The van der Waals surface area contributed by atoms with Crippen LogP contribution in [-0.2, 0) is 16.0 Å². The third-order valence-corrected chi connectivity index (χ3v) is 1.42. The maximum absolute atomic E-state index is 10.2. The second-order valence-electron chi connectivity index (χ2n) is 2.73. The Morgan fingerprint density at radius 2 is 2.00 bits per heavy atom. The molecule has 0 aliphatic carbocycles. The third kappa shape index (κ3) is 12.1. The molecular weight excluding hydrogens is 231 g/mol. The van der Waals surface area contributed by atoms with E-state index in [-0.39, 0.29) is 57.8 Å². The van der Waals surface area contributed by atoms with Crippen LogP contribution in [0.1, 0.15) is 18.4 Å². The molecule has 0 bridgehead atoms. The molecule has 4 heteroatoms. The number of hydrogen-bond acceptors (Lipinski definition) is 2. The van der Waals surface area contributed by atoms with Gasteiger partial charge < -0.3 is 16.8 Å². The number of carboxylic acids is 1. The van der Waals surface area contributed by atoms with E-state index in [1.165, 1.54) is 0 Å². The summed E-state index contributed by atoms with van der Waals surface area (Å²) in [4.78, 5) is 19.4. The predicted octanol–water partition coefficient (Wildman–Crippen LogP) is -1.17. The van der Waals surface area contributed by atoms with Crippen molar-refractivity contribution in [1.29, 1.82) is 0 Å². The Bertz CT molecular complexity index is 286. The van der Waals surface area contributed by atoms with Crippen LogP contribution in [0.25, 0.3) is 0 Å². The number of unbranched alkanes of at least 4 members (excludes halogenated alkanes) is 1. The molecule has 16 heavy (non-hydrogen) atoms. The smallest absolute Gasteiger partial charge is 0.542 e. The second kappa shape index (κ2) is 13.1. The van der Waals surface area contributed by atoms with Crippen LogP contribution < -0.4 is 51.4 Å². The number of aliphatic carboxylic acids is 1. The summed E-state index contributed by atoms with van der Waals surface area (Å²) in [5, 5.41) is 8.36. The van der Waals surface area contributed by atoms with E-state index >= 15 is 0 Å². The maximum atomic E-state index is 10.2. The molecule has 0 amide bonds. The van der Waals surface area contributed by atoms with Gasteiger partial charge in [-0.05, 0) is 0 Å². The largest absolute Gasteiger partial charge is 1.00 e. The molecule has 0 atom stereocenters. The van der Waals surface area contributed by atoms with Gasteiger partial charge in [-0.3, -0.25) is 11.1 Å². The standard InChI is InChI=1S/C8H7O2.C4H6O.K/c9-8(10)6-7-4-2-1-3-5-7;1-2-3-4-5;/h2-5H,6H2,(H,9,10);1-3H2;/q-1;-2;+1. The van der Waals surface area contributed by atoms with Gasteiger partial charge in [0.2, 0.25) is 0 Å². The van der Waals surface area contributed by atoms with E-state index in [2.05, 4.69) is 13.0 Å². The first-order chi connectivity index (χ1) is 7.20. The summed E-state index contributed by atoms with van der Waals surface area (Å²) in [5.74, 6) is -0.800. The van der Waals surface area contributed by atoms with E-state index < -0.39 is 5.97 Å². The van der Waals surface area contributed by atoms with Crippen LogP contribution in [0, 0.1) is 13.0 Å². The van der Waals surface area contributed by atoms with Crippen LogP contribution in [0.4, 0.5) is 0 Å². The number of hydrogen-bond donors (Lipinski definition) is 1. The van der Waals surface area contributed by atoms with Gasteiger partial charge >= 0.3 is 57.4 Å². The first-order valence-corrected chi connectivity index (χ1v) is 4.51. The summed E-state index contributed by atoms with van der Waals surface area (Å²) >= 11 is 0.